The Labute approximate surface area is 70.6 Å². The van der Waals surface area contributed by atoms with Gasteiger partial charge in [-0.15, -0.1) is 0 Å². The molecule has 1 aromatic rings. The van der Waals surface area contributed by atoms with Crippen LogP contribution in [0.1, 0.15) is 20.8 Å². The highest BCUT2D eigenvalue weighted by Gasteiger charge is 2.11. The maximum Gasteiger partial charge on any atom is 0.217 e. The van der Waals surface area contributed by atoms with E-state index in [9.17, 15) is 9.18 Å². The van der Waals surface area contributed by atoms with Crippen LogP contribution in [-0.4, -0.2) is 4.57 Å². The van der Waals surface area contributed by atoms with Crippen molar-refractivity contribution in [2.45, 2.75) is 26.3 Å². The molecule has 0 saturated heterocycles. The largest absolute Gasteiger partial charge is 0.346 e. The zero-order valence-corrected chi connectivity index (χ0v) is 7.47. The van der Waals surface area contributed by atoms with Gasteiger partial charge in [0.2, 0.25) is 5.43 Å². The van der Waals surface area contributed by atoms with Gasteiger partial charge in [0.05, 0.1) is 0 Å². The molecule has 0 spiro atoms. The molecule has 0 aliphatic rings. The molecule has 1 aromatic heterocycles. The molecule has 66 valence electrons. The van der Waals surface area contributed by atoms with Crippen LogP contribution in [0.15, 0.2) is 23.3 Å². The van der Waals surface area contributed by atoms with Crippen LogP contribution in [0.25, 0.3) is 0 Å². The molecule has 0 saturated carbocycles. The SMILES string of the molecule is CC(C)(C)n1ccc(=O)c(F)c1. The molecule has 0 aliphatic carbocycles. The summed E-state index contributed by atoms with van der Waals surface area (Å²) in [6.07, 6.45) is 2.81. The molecular weight excluding hydrogens is 157 g/mol. The lowest BCUT2D eigenvalue weighted by Crippen LogP contribution is -2.24. The summed E-state index contributed by atoms with van der Waals surface area (Å²) in [6.45, 7) is 5.82. The quantitative estimate of drug-likeness (QED) is 0.579. The number of halogens is 1. The third kappa shape index (κ3) is 1.72. The van der Waals surface area contributed by atoms with Gasteiger partial charge in [0.25, 0.3) is 0 Å². The van der Waals surface area contributed by atoms with Crippen LogP contribution in [0.3, 0.4) is 0 Å². The van der Waals surface area contributed by atoms with E-state index in [4.69, 9.17) is 0 Å². The first-order valence-electron chi connectivity index (χ1n) is 3.79. The van der Waals surface area contributed by atoms with E-state index in [0.29, 0.717) is 0 Å². The normalized spacial score (nSPS) is 11.7. The second-order valence-electron chi connectivity index (χ2n) is 3.74. The van der Waals surface area contributed by atoms with E-state index in [-0.39, 0.29) is 5.54 Å². The van der Waals surface area contributed by atoms with Crippen molar-refractivity contribution >= 4 is 0 Å². The van der Waals surface area contributed by atoms with Crippen LogP contribution in [0.5, 0.6) is 0 Å². The molecule has 0 aromatic carbocycles. The van der Waals surface area contributed by atoms with Gasteiger partial charge in [0.15, 0.2) is 5.82 Å². The van der Waals surface area contributed by atoms with E-state index in [1.165, 1.54) is 12.3 Å². The topological polar surface area (TPSA) is 22.0 Å². The van der Waals surface area contributed by atoms with E-state index in [1.54, 1.807) is 10.8 Å². The monoisotopic (exact) mass is 169 g/mol. The van der Waals surface area contributed by atoms with Gasteiger partial charge in [0, 0.05) is 24.0 Å². The van der Waals surface area contributed by atoms with Crippen molar-refractivity contribution < 1.29 is 4.39 Å². The van der Waals surface area contributed by atoms with E-state index >= 15 is 0 Å². The van der Waals surface area contributed by atoms with Gasteiger partial charge in [-0.1, -0.05) is 0 Å². The maximum atomic E-state index is 12.8. The Morgan fingerprint density at radius 3 is 2.42 bits per heavy atom. The fourth-order valence-electron chi connectivity index (χ4n) is 0.874. The average Bonchev–Trinajstić information content (AvgIpc) is 1.92. The Morgan fingerprint density at radius 1 is 1.42 bits per heavy atom. The summed E-state index contributed by atoms with van der Waals surface area (Å²) in [5.41, 5.74) is -0.746. The highest BCUT2D eigenvalue weighted by molar-refractivity contribution is 4.99. The minimum atomic E-state index is -0.701. The molecule has 2 nitrogen and oxygen atoms in total. The summed E-state index contributed by atoms with van der Waals surface area (Å²) < 4.78 is 14.4. The Kier molecular flexibility index (Phi) is 2.04. The van der Waals surface area contributed by atoms with Crippen LogP contribution in [-0.2, 0) is 5.54 Å². The summed E-state index contributed by atoms with van der Waals surface area (Å²) in [5.74, 6) is -0.701. The van der Waals surface area contributed by atoms with Crippen molar-refractivity contribution in [2.24, 2.45) is 0 Å². The number of nitrogens with zero attached hydrogens (tertiary/aromatic N) is 1. The molecule has 3 heteroatoms. The summed E-state index contributed by atoms with van der Waals surface area (Å²) in [4.78, 5) is 10.7. The van der Waals surface area contributed by atoms with Crippen LogP contribution in [0, 0.1) is 5.82 Å². The van der Waals surface area contributed by atoms with Crippen LogP contribution < -0.4 is 5.43 Å². The Bertz CT molecular complexity index is 335. The molecule has 0 aliphatic heterocycles. The summed E-state index contributed by atoms with van der Waals surface area (Å²) >= 11 is 0. The lowest BCUT2D eigenvalue weighted by molar-refractivity contribution is 0.385. The molecule has 1 heterocycles. The van der Waals surface area contributed by atoms with Gasteiger partial charge in [-0.25, -0.2) is 4.39 Å². The first kappa shape index (κ1) is 8.97. The van der Waals surface area contributed by atoms with Crippen molar-refractivity contribution in [2.75, 3.05) is 0 Å². The van der Waals surface area contributed by atoms with Crippen molar-refractivity contribution in [3.63, 3.8) is 0 Å². The van der Waals surface area contributed by atoms with Crippen molar-refractivity contribution in [1.29, 1.82) is 0 Å². The third-order valence-electron chi connectivity index (χ3n) is 1.65. The zero-order valence-electron chi connectivity index (χ0n) is 7.47. The second-order valence-corrected chi connectivity index (χ2v) is 3.74. The van der Waals surface area contributed by atoms with Gasteiger partial charge >= 0.3 is 0 Å². The number of pyridine rings is 1. The summed E-state index contributed by atoms with van der Waals surface area (Å²) in [7, 11) is 0. The van der Waals surface area contributed by atoms with E-state index in [2.05, 4.69) is 0 Å². The minimum Gasteiger partial charge on any atom is -0.346 e. The maximum absolute atomic E-state index is 12.8. The van der Waals surface area contributed by atoms with Crippen molar-refractivity contribution in [1.82, 2.24) is 4.57 Å². The highest BCUT2D eigenvalue weighted by Crippen LogP contribution is 2.11. The predicted octanol–water partition coefficient (Wildman–Crippen LogP) is 1.74. The number of hydrogen-bond acceptors (Lipinski definition) is 1. The van der Waals surface area contributed by atoms with Gasteiger partial charge in [-0.3, -0.25) is 4.79 Å². The Morgan fingerprint density at radius 2 is 2.00 bits per heavy atom. The molecule has 0 radical (unpaired) electrons. The van der Waals surface area contributed by atoms with E-state index < -0.39 is 11.2 Å². The lowest BCUT2D eigenvalue weighted by Gasteiger charge is -2.22. The van der Waals surface area contributed by atoms with Crippen LogP contribution >= 0.6 is 0 Å². The van der Waals surface area contributed by atoms with Crippen LogP contribution in [0.2, 0.25) is 0 Å². The number of aromatic nitrogens is 1. The third-order valence-corrected chi connectivity index (χ3v) is 1.65. The number of hydrogen-bond donors (Lipinski definition) is 0. The zero-order chi connectivity index (χ0) is 9.35. The van der Waals surface area contributed by atoms with Gasteiger partial charge in [0.1, 0.15) is 0 Å². The molecule has 0 bridgehead atoms. The molecule has 0 atom stereocenters. The van der Waals surface area contributed by atoms with Gasteiger partial charge in [-0.2, -0.15) is 0 Å². The molecule has 0 fully saturated rings. The number of rotatable bonds is 0. The lowest BCUT2D eigenvalue weighted by atomic mass is 10.1. The standard InChI is InChI=1S/C9H12FNO/c1-9(2,3)11-5-4-8(12)7(10)6-11/h4-6H,1-3H3. The molecule has 1 rings (SSSR count). The Balaban J connectivity index is 3.23. The average molecular weight is 169 g/mol. The van der Waals surface area contributed by atoms with Gasteiger partial charge < -0.3 is 4.57 Å². The predicted molar refractivity (Wildman–Crippen MR) is 45.7 cm³/mol. The molecule has 0 unspecified atom stereocenters. The second kappa shape index (κ2) is 2.73. The van der Waals surface area contributed by atoms with Crippen molar-refractivity contribution in [3.8, 4) is 0 Å². The first-order valence-corrected chi connectivity index (χ1v) is 3.79. The minimum absolute atomic E-state index is 0.186. The van der Waals surface area contributed by atoms with E-state index in [0.717, 1.165) is 0 Å². The fourth-order valence-corrected chi connectivity index (χ4v) is 0.874. The molecule has 0 N–H and O–H groups in total. The van der Waals surface area contributed by atoms with Crippen LogP contribution in [0.4, 0.5) is 4.39 Å². The first-order chi connectivity index (χ1) is 5.41. The van der Waals surface area contributed by atoms with Gasteiger partial charge in [-0.05, 0) is 20.8 Å². The smallest absolute Gasteiger partial charge is 0.217 e. The Hall–Kier alpha value is -1.12. The fraction of sp³-hybridized carbons (Fsp3) is 0.444. The van der Waals surface area contributed by atoms with E-state index in [1.807, 2.05) is 20.8 Å². The van der Waals surface area contributed by atoms with Crippen molar-refractivity contribution in [3.05, 3.63) is 34.5 Å². The summed E-state index contributed by atoms with van der Waals surface area (Å²) in [5, 5.41) is 0. The highest BCUT2D eigenvalue weighted by atomic mass is 19.1. The summed E-state index contributed by atoms with van der Waals surface area (Å²) in [6, 6.07) is 1.24. The molecule has 12 heavy (non-hydrogen) atoms. The molecule has 0 amide bonds. The molecular formula is C9H12FNO.